The fraction of sp³-hybridized carbons (Fsp3) is 0.458. The molecule has 4 aliphatic rings. The topological polar surface area (TPSA) is 38.8 Å². The van der Waals surface area contributed by atoms with Gasteiger partial charge in [0.15, 0.2) is 11.9 Å². The standard InChI is InChI=1S/C24H24BrNO3/c1-26-12-11-23-21-16-3-2-4-19(21)29-22(23)18(27)9-10-24(23,20(26)13-16)28-14-15-5-7-17(25)8-6-15/h2-8,20,22H,9-14H2,1H3/t20-,22+,23+,24-/m1/s1. The Kier molecular flexibility index (Phi) is 3.85. The van der Waals surface area contributed by atoms with Gasteiger partial charge in [0.1, 0.15) is 5.75 Å². The summed E-state index contributed by atoms with van der Waals surface area (Å²) in [5.74, 6) is 1.14. The first kappa shape index (κ1) is 18.1. The molecule has 2 aliphatic heterocycles. The summed E-state index contributed by atoms with van der Waals surface area (Å²) in [6.07, 6.45) is 2.74. The number of halogens is 1. The van der Waals surface area contributed by atoms with Crippen LogP contribution in [0, 0.1) is 0 Å². The van der Waals surface area contributed by atoms with Crippen molar-refractivity contribution in [3.8, 4) is 5.75 Å². The van der Waals surface area contributed by atoms with Crippen LogP contribution in [0.5, 0.6) is 5.75 Å². The van der Waals surface area contributed by atoms with E-state index in [1.807, 2.05) is 6.07 Å². The zero-order chi connectivity index (χ0) is 19.8. The summed E-state index contributed by atoms with van der Waals surface area (Å²) in [6, 6.07) is 14.9. The molecule has 2 bridgehead atoms. The minimum absolute atomic E-state index is 0.236. The van der Waals surface area contributed by atoms with Crippen molar-refractivity contribution in [3.63, 3.8) is 0 Å². The van der Waals surface area contributed by atoms with E-state index in [1.54, 1.807) is 0 Å². The molecule has 0 N–H and O–H groups in total. The third-order valence-corrected chi connectivity index (χ3v) is 8.32. The molecule has 4 nitrogen and oxygen atoms in total. The van der Waals surface area contributed by atoms with Crippen LogP contribution in [0.15, 0.2) is 46.9 Å². The molecular formula is C24H24BrNO3. The summed E-state index contributed by atoms with van der Waals surface area (Å²) in [4.78, 5) is 15.5. The Labute approximate surface area is 179 Å². The lowest BCUT2D eigenvalue weighted by molar-refractivity contribution is -0.215. The number of ketones is 1. The Balaban J connectivity index is 1.51. The maximum absolute atomic E-state index is 13.1. The second-order valence-electron chi connectivity index (χ2n) is 8.98. The van der Waals surface area contributed by atoms with E-state index in [0.29, 0.717) is 13.0 Å². The monoisotopic (exact) mass is 453 g/mol. The maximum Gasteiger partial charge on any atom is 0.174 e. The Morgan fingerprint density at radius 1 is 1.21 bits per heavy atom. The summed E-state index contributed by atoms with van der Waals surface area (Å²) < 4.78 is 14.4. The normalized spacial score (nSPS) is 34.6. The van der Waals surface area contributed by atoms with Gasteiger partial charge in [-0.1, -0.05) is 40.2 Å². The molecule has 5 heteroatoms. The third kappa shape index (κ3) is 2.24. The van der Waals surface area contributed by atoms with Gasteiger partial charge in [0.25, 0.3) is 0 Å². The van der Waals surface area contributed by atoms with Crippen LogP contribution in [0.2, 0.25) is 0 Å². The van der Waals surface area contributed by atoms with Crippen molar-refractivity contribution in [1.29, 1.82) is 0 Å². The van der Waals surface area contributed by atoms with Gasteiger partial charge in [0.05, 0.1) is 17.6 Å². The highest BCUT2D eigenvalue weighted by molar-refractivity contribution is 9.10. The molecule has 0 unspecified atom stereocenters. The van der Waals surface area contributed by atoms with Crippen LogP contribution < -0.4 is 4.74 Å². The Morgan fingerprint density at radius 2 is 2.03 bits per heavy atom. The molecule has 1 saturated heterocycles. The lowest BCUT2D eigenvalue weighted by Crippen LogP contribution is -2.76. The number of benzene rings is 2. The molecule has 6 rings (SSSR count). The molecule has 1 spiro atoms. The van der Waals surface area contributed by atoms with Gasteiger partial charge >= 0.3 is 0 Å². The van der Waals surface area contributed by atoms with E-state index in [9.17, 15) is 4.79 Å². The first-order valence-corrected chi connectivity index (χ1v) is 11.2. The number of likely N-dealkylation sites (N-methyl/N-ethyl adjacent to an activating group) is 1. The summed E-state index contributed by atoms with van der Waals surface area (Å²) >= 11 is 3.51. The molecule has 2 aliphatic carbocycles. The molecule has 2 aromatic carbocycles. The molecule has 29 heavy (non-hydrogen) atoms. The number of Topliss-reactive ketones (excluding diaryl/α,β-unsaturated/α-hetero) is 1. The van der Waals surface area contributed by atoms with Crippen molar-refractivity contribution in [1.82, 2.24) is 4.90 Å². The third-order valence-electron chi connectivity index (χ3n) is 7.79. The number of likely N-dealkylation sites (tertiary alicyclic amines) is 1. The number of ether oxygens (including phenoxy) is 2. The average Bonchev–Trinajstić information content (AvgIpc) is 3.08. The van der Waals surface area contributed by atoms with E-state index in [0.717, 1.165) is 41.6 Å². The molecule has 2 heterocycles. The van der Waals surface area contributed by atoms with E-state index in [1.165, 1.54) is 11.1 Å². The van der Waals surface area contributed by atoms with Crippen LogP contribution in [0.4, 0.5) is 0 Å². The number of carbonyl (C=O) groups is 1. The Bertz CT molecular complexity index is 1010. The highest BCUT2D eigenvalue weighted by Gasteiger charge is 2.73. The van der Waals surface area contributed by atoms with E-state index in [-0.39, 0.29) is 17.2 Å². The zero-order valence-electron chi connectivity index (χ0n) is 16.5. The van der Waals surface area contributed by atoms with Gasteiger partial charge in [-0.05, 0) is 62.2 Å². The van der Waals surface area contributed by atoms with Crippen molar-refractivity contribution in [2.24, 2.45) is 0 Å². The van der Waals surface area contributed by atoms with E-state index >= 15 is 0 Å². The summed E-state index contributed by atoms with van der Waals surface area (Å²) in [5, 5.41) is 0. The lowest BCUT2D eigenvalue weighted by atomic mass is 9.49. The minimum atomic E-state index is -0.409. The average molecular weight is 454 g/mol. The van der Waals surface area contributed by atoms with Crippen LogP contribution in [0.25, 0.3) is 0 Å². The molecule has 150 valence electrons. The molecule has 0 amide bonds. The Morgan fingerprint density at radius 3 is 2.86 bits per heavy atom. The predicted molar refractivity (Wildman–Crippen MR) is 113 cm³/mol. The van der Waals surface area contributed by atoms with Crippen molar-refractivity contribution < 1.29 is 14.3 Å². The molecule has 2 fully saturated rings. The van der Waals surface area contributed by atoms with Crippen molar-refractivity contribution in [2.75, 3.05) is 13.6 Å². The summed E-state index contributed by atoms with van der Waals surface area (Å²) in [6.45, 7) is 1.52. The molecular weight excluding hydrogens is 430 g/mol. The van der Waals surface area contributed by atoms with Crippen LogP contribution in [0.1, 0.15) is 36.0 Å². The zero-order valence-corrected chi connectivity index (χ0v) is 18.1. The molecule has 4 atom stereocenters. The van der Waals surface area contributed by atoms with Crippen molar-refractivity contribution >= 4 is 21.7 Å². The van der Waals surface area contributed by atoms with Crippen molar-refractivity contribution in [2.45, 2.75) is 55.5 Å². The predicted octanol–water partition coefficient (Wildman–Crippen LogP) is 4.03. The van der Waals surface area contributed by atoms with Gasteiger partial charge in [-0.2, -0.15) is 0 Å². The molecule has 2 aromatic rings. The Hall–Kier alpha value is -1.69. The van der Waals surface area contributed by atoms with Gasteiger partial charge < -0.3 is 14.4 Å². The smallest absolute Gasteiger partial charge is 0.174 e. The fourth-order valence-corrected chi connectivity index (χ4v) is 6.83. The van der Waals surface area contributed by atoms with Crippen LogP contribution >= 0.6 is 15.9 Å². The number of hydrogen-bond acceptors (Lipinski definition) is 4. The van der Waals surface area contributed by atoms with E-state index in [4.69, 9.17) is 9.47 Å². The van der Waals surface area contributed by atoms with Gasteiger partial charge in [0, 0.05) is 22.5 Å². The second-order valence-corrected chi connectivity index (χ2v) is 9.90. The number of rotatable bonds is 3. The number of hydrogen-bond donors (Lipinski definition) is 0. The molecule has 1 saturated carbocycles. The van der Waals surface area contributed by atoms with Gasteiger partial charge in [-0.15, -0.1) is 0 Å². The van der Waals surface area contributed by atoms with Gasteiger partial charge in [-0.3, -0.25) is 4.79 Å². The number of nitrogens with zero attached hydrogens (tertiary/aromatic N) is 1. The van der Waals surface area contributed by atoms with Crippen LogP contribution in [0.3, 0.4) is 0 Å². The minimum Gasteiger partial charge on any atom is -0.481 e. The van der Waals surface area contributed by atoms with Crippen LogP contribution in [-0.2, 0) is 28.0 Å². The highest BCUT2D eigenvalue weighted by atomic mass is 79.9. The summed E-state index contributed by atoms with van der Waals surface area (Å²) in [5.41, 5.74) is 2.99. The SMILES string of the molecule is CN1CC[C@]23c4c5cccc4O[C@H]2C(=O)CC[C@@]3(OCc2ccc(Br)cc2)[C@H]1C5. The first-order valence-electron chi connectivity index (χ1n) is 10.5. The molecule has 0 aromatic heterocycles. The van der Waals surface area contributed by atoms with Gasteiger partial charge in [-0.25, -0.2) is 0 Å². The largest absolute Gasteiger partial charge is 0.481 e. The fourth-order valence-electron chi connectivity index (χ4n) is 6.56. The van der Waals surface area contributed by atoms with Crippen molar-refractivity contribution in [3.05, 3.63) is 63.6 Å². The highest BCUT2D eigenvalue weighted by Crippen LogP contribution is 2.64. The quantitative estimate of drug-likeness (QED) is 0.703. The van der Waals surface area contributed by atoms with E-state index in [2.05, 4.69) is 64.3 Å². The number of piperidine rings is 1. The maximum atomic E-state index is 13.1. The summed E-state index contributed by atoms with van der Waals surface area (Å²) in [7, 11) is 2.21. The van der Waals surface area contributed by atoms with Crippen LogP contribution in [-0.4, -0.2) is 42.0 Å². The second kappa shape index (κ2) is 6.16. The number of carbonyl (C=O) groups excluding carboxylic acids is 1. The van der Waals surface area contributed by atoms with E-state index < -0.39 is 11.7 Å². The first-order chi connectivity index (χ1) is 14.0. The lowest BCUT2D eigenvalue weighted by Gasteiger charge is -2.64. The molecule has 0 radical (unpaired) electrons. The van der Waals surface area contributed by atoms with Gasteiger partial charge in [0.2, 0.25) is 0 Å².